The Kier molecular flexibility index (Phi) is 4.43. The van der Waals surface area contributed by atoms with Crippen LogP contribution in [0.5, 0.6) is 5.75 Å². The van der Waals surface area contributed by atoms with Crippen LogP contribution < -0.4 is 20.9 Å². The minimum absolute atomic E-state index is 0.184. The van der Waals surface area contributed by atoms with Crippen molar-refractivity contribution in [3.63, 3.8) is 0 Å². The summed E-state index contributed by atoms with van der Waals surface area (Å²) in [5, 5.41) is 0. The fraction of sp³-hybridized carbons (Fsp3) is 0.389. The standard InChI is InChI=1S/C18H20FN3O4/c1-5-11-6-16(23)22(18(25)20(11)4)13-8-14-15(7-12(13)19)26-9-17(24)21(14)10(2)3/h6-8,10H,5,9H2,1-4H3. The van der Waals surface area contributed by atoms with E-state index in [1.807, 2.05) is 20.8 Å². The third kappa shape index (κ3) is 2.71. The normalized spacial score (nSPS) is 13.8. The molecule has 0 N–H and O–H groups in total. The molecule has 1 aliphatic heterocycles. The third-order valence-corrected chi connectivity index (χ3v) is 4.45. The summed E-state index contributed by atoms with van der Waals surface area (Å²) in [5.41, 5.74) is -0.589. The van der Waals surface area contributed by atoms with Gasteiger partial charge in [-0.05, 0) is 26.3 Å². The molecule has 1 aromatic heterocycles. The molecule has 0 spiro atoms. The van der Waals surface area contributed by atoms with Crippen LogP contribution in [-0.2, 0) is 18.3 Å². The van der Waals surface area contributed by atoms with Crippen molar-refractivity contribution in [2.24, 2.45) is 7.05 Å². The SMILES string of the molecule is CCc1cc(=O)n(-c2cc3c(cc2F)OCC(=O)N3C(C)C)c(=O)n1C. The number of hydrogen-bond donors (Lipinski definition) is 0. The van der Waals surface area contributed by atoms with Crippen molar-refractivity contribution in [2.75, 3.05) is 11.5 Å². The predicted octanol–water partition coefficient (Wildman–Crippen LogP) is 1.37. The van der Waals surface area contributed by atoms with E-state index in [2.05, 4.69) is 0 Å². The number of carbonyl (C=O) groups excluding carboxylic acids is 1. The molecule has 1 aliphatic rings. The fourth-order valence-electron chi connectivity index (χ4n) is 3.15. The molecule has 1 amide bonds. The van der Waals surface area contributed by atoms with Gasteiger partial charge < -0.3 is 14.2 Å². The quantitative estimate of drug-likeness (QED) is 0.828. The Bertz CT molecular complexity index is 1010. The van der Waals surface area contributed by atoms with Gasteiger partial charge >= 0.3 is 5.69 Å². The maximum Gasteiger partial charge on any atom is 0.335 e. The van der Waals surface area contributed by atoms with Crippen molar-refractivity contribution < 1.29 is 13.9 Å². The highest BCUT2D eigenvalue weighted by molar-refractivity contribution is 5.98. The van der Waals surface area contributed by atoms with Gasteiger partial charge in [0.05, 0.1) is 11.4 Å². The number of fused-ring (bicyclic) bond motifs is 1. The van der Waals surface area contributed by atoms with Gasteiger partial charge in [0.25, 0.3) is 11.5 Å². The maximum atomic E-state index is 14.7. The van der Waals surface area contributed by atoms with Gasteiger partial charge in [0.2, 0.25) is 0 Å². The number of carbonyl (C=O) groups is 1. The largest absolute Gasteiger partial charge is 0.481 e. The number of ether oxygens (including phenoxy) is 1. The molecule has 138 valence electrons. The molecule has 0 atom stereocenters. The maximum absolute atomic E-state index is 14.7. The zero-order valence-corrected chi connectivity index (χ0v) is 15.1. The summed E-state index contributed by atoms with van der Waals surface area (Å²) < 4.78 is 22.1. The lowest BCUT2D eigenvalue weighted by atomic mass is 10.1. The highest BCUT2D eigenvalue weighted by atomic mass is 19.1. The van der Waals surface area contributed by atoms with Crippen LogP contribution >= 0.6 is 0 Å². The van der Waals surface area contributed by atoms with Gasteiger partial charge in [-0.15, -0.1) is 0 Å². The Morgan fingerprint density at radius 2 is 1.85 bits per heavy atom. The molecule has 3 rings (SSSR count). The molecule has 0 aliphatic carbocycles. The molecule has 7 nitrogen and oxygen atoms in total. The van der Waals surface area contributed by atoms with Gasteiger partial charge in [-0.25, -0.2) is 13.8 Å². The highest BCUT2D eigenvalue weighted by Gasteiger charge is 2.30. The third-order valence-electron chi connectivity index (χ3n) is 4.45. The van der Waals surface area contributed by atoms with Crippen LogP contribution in [0.15, 0.2) is 27.8 Å². The summed E-state index contributed by atoms with van der Waals surface area (Å²) in [6.45, 7) is 5.27. The first kappa shape index (κ1) is 17.9. The van der Waals surface area contributed by atoms with Crippen LogP contribution in [0.3, 0.4) is 0 Å². The molecule has 1 aromatic carbocycles. The molecule has 2 heterocycles. The second kappa shape index (κ2) is 6.44. The second-order valence-corrected chi connectivity index (χ2v) is 6.42. The van der Waals surface area contributed by atoms with Crippen molar-refractivity contribution in [2.45, 2.75) is 33.2 Å². The number of benzene rings is 1. The molecular formula is C18H20FN3O4. The molecule has 0 fully saturated rings. The van der Waals surface area contributed by atoms with E-state index < -0.39 is 17.1 Å². The summed E-state index contributed by atoms with van der Waals surface area (Å²) in [6.07, 6.45) is 0.498. The van der Waals surface area contributed by atoms with Crippen molar-refractivity contribution in [1.29, 1.82) is 0 Å². The predicted molar refractivity (Wildman–Crippen MR) is 94.7 cm³/mol. The topological polar surface area (TPSA) is 73.5 Å². The Morgan fingerprint density at radius 1 is 1.15 bits per heavy atom. The minimum Gasteiger partial charge on any atom is -0.481 e. The van der Waals surface area contributed by atoms with E-state index in [0.29, 0.717) is 17.8 Å². The van der Waals surface area contributed by atoms with Gasteiger partial charge in [-0.1, -0.05) is 6.92 Å². The number of aromatic nitrogens is 2. The van der Waals surface area contributed by atoms with Crippen molar-refractivity contribution in [3.8, 4) is 11.4 Å². The number of aryl methyl sites for hydroxylation is 1. The molecule has 0 bridgehead atoms. The molecule has 2 aromatic rings. The zero-order valence-electron chi connectivity index (χ0n) is 15.1. The number of rotatable bonds is 3. The summed E-state index contributed by atoms with van der Waals surface area (Å²) in [5.74, 6) is -0.841. The molecule has 26 heavy (non-hydrogen) atoms. The minimum atomic E-state index is -0.773. The number of hydrogen-bond acceptors (Lipinski definition) is 4. The van der Waals surface area contributed by atoms with Gasteiger partial charge in [-0.2, -0.15) is 0 Å². The van der Waals surface area contributed by atoms with Crippen LogP contribution in [-0.4, -0.2) is 27.7 Å². The monoisotopic (exact) mass is 361 g/mol. The van der Waals surface area contributed by atoms with E-state index in [1.54, 1.807) is 0 Å². The van der Waals surface area contributed by atoms with E-state index in [-0.39, 0.29) is 30.0 Å². The van der Waals surface area contributed by atoms with Crippen LogP contribution in [0.2, 0.25) is 0 Å². The number of halogens is 1. The van der Waals surface area contributed by atoms with Crippen molar-refractivity contribution in [3.05, 3.63) is 50.5 Å². The zero-order chi connectivity index (χ0) is 19.2. The van der Waals surface area contributed by atoms with E-state index in [9.17, 15) is 18.8 Å². The molecule has 8 heteroatoms. The number of anilines is 1. The molecule has 0 radical (unpaired) electrons. The first-order valence-corrected chi connectivity index (χ1v) is 8.37. The average Bonchev–Trinajstić information content (AvgIpc) is 2.58. The van der Waals surface area contributed by atoms with Crippen LogP contribution in [0.4, 0.5) is 10.1 Å². The number of nitrogens with zero attached hydrogens (tertiary/aromatic N) is 3. The first-order valence-electron chi connectivity index (χ1n) is 8.37. The van der Waals surface area contributed by atoms with Crippen molar-refractivity contribution in [1.82, 2.24) is 9.13 Å². The molecular weight excluding hydrogens is 341 g/mol. The molecule has 0 saturated carbocycles. The lowest BCUT2D eigenvalue weighted by Gasteiger charge is -2.32. The average molecular weight is 361 g/mol. The summed E-state index contributed by atoms with van der Waals surface area (Å²) >= 11 is 0. The summed E-state index contributed by atoms with van der Waals surface area (Å²) in [6, 6.07) is 3.54. The smallest absolute Gasteiger partial charge is 0.335 e. The lowest BCUT2D eigenvalue weighted by Crippen LogP contribution is -2.44. The lowest BCUT2D eigenvalue weighted by molar-refractivity contribution is -0.121. The Labute approximate surface area is 149 Å². The van der Waals surface area contributed by atoms with E-state index in [4.69, 9.17) is 4.74 Å². The van der Waals surface area contributed by atoms with Crippen LogP contribution in [0, 0.1) is 5.82 Å². The fourth-order valence-corrected chi connectivity index (χ4v) is 3.15. The first-order chi connectivity index (χ1) is 12.3. The Morgan fingerprint density at radius 3 is 2.46 bits per heavy atom. The van der Waals surface area contributed by atoms with E-state index in [1.165, 1.54) is 28.6 Å². The second-order valence-electron chi connectivity index (χ2n) is 6.42. The Balaban J connectivity index is 2.29. The summed E-state index contributed by atoms with van der Waals surface area (Å²) in [4.78, 5) is 38.7. The highest BCUT2D eigenvalue weighted by Crippen LogP contribution is 2.36. The Hall–Kier alpha value is -2.90. The van der Waals surface area contributed by atoms with E-state index >= 15 is 0 Å². The van der Waals surface area contributed by atoms with Gasteiger partial charge in [-0.3, -0.25) is 9.59 Å². The van der Waals surface area contributed by atoms with Crippen molar-refractivity contribution >= 4 is 11.6 Å². The van der Waals surface area contributed by atoms with Gasteiger partial charge in [0.1, 0.15) is 5.75 Å². The number of amides is 1. The summed E-state index contributed by atoms with van der Waals surface area (Å²) in [7, 11) is 1.53. The van der Waals surface area contributed by atoms with Gasteiger partial charge in [0, 0.05) is 30.9 Å². The van der Waals surface area contributed by atoms with E-state index in [0.717, 1.165) is 10.6 Å². The van der Waals surface area contributed by atoms with Crippen LogP contribution in [0.1, 0.15) is 26.5 Å². The molecule has 0 saturated heterocycles. The molecule has 0 unspecified atom stereocenters. The van der Waals surface area contributed by atoms with Crippen LogP contribution in [0.25, 0.3) is 5.69 Å². The van der Waals surface area contributed by atoms with Gasteiger partial charge in [0.15, 0.2) is 12.4 Å².